The van der Waals surface area contributed by atoms with Gasteiger partial charge in [0.1, 0.15) is 0 Å². The maximum atomic E-state index is 12.6. The highest BCUT2D eigenvalue weighted by Crippen LogP contribution is 2.26. The van der Waals surface area contributed by atoms with Gasteiger partial charge in [0.2, 0.25) is 0 Å². The van der Waals surface area contributed by atoms with Gasteiger partial charge in [-0.25, -0.2) is 8.42 Å². The molecule has 2 rings (SSSR count). The van der Waals surface area contributed by atoms with Gasteiger partial charge in [-0.2, -0.15) is 0 Å². The Hall–Kier alpha value is -2.08. The number of nitrogens with zero attached hydrogens (tertiary/aromatic N) is 1. The van der Waals surface area contributed by atoms with Crippen molar-refractivity contribution in [1.82, 2.24) is 4.98 Å². The Labute approximate surface area is 125 Å². The first-order valence-corrected chi connectivity index (χ1v) is 8.03. The first-order chi connectivity index (χ1) is 9.70. The van der Waals surface area contributed by atoms with E-state index in [1.165, 1.54) is 0 Å². The summed E-state index contributed by atoms with van der Waals surface area (Å²) in [6.45, 7) is 7.10. The van der Waals surface area contributed by atoms with Crippen molar-refractivity contribution in [1.29, 1.82) is 0 Å². The van der Waals surface area contributed by atoms with Crippen molar-refractivity contribution >= 4 is 21.4 Å². The molecule has 0 aliphatic rings. The number of nitrogen functional groups attached to an aromatic ring is 1. The highest BCUT2D eigenvalue weighted by Gasteiger charge is 2.21. The normalized spacial score (nSPS) is 11.4. The van der Waals surface area contributed by atoms with E-state index in [-0.39, 0.29) is 4.90 Å². The number of aromatic nitrogens is 1. The van der Waals surface area contributed by atoms with Gasteiger partial charge in [0, 0.05) is 11.4 Å². The van der Waals surface area contributed by atoms with Crippen LogP contribution in [0, 0.1) is 27.7 Å². The molecule has 3 N–H and O–H groups in total. The Morgan fingerprint density at radius 1 is 1.05 bits per heavy atom. The molecular formula is C15H19N3O2S. The molecule has 0 aliphatic heterocycles. The second kappa shape index (κ2) is 5.37. The molecule has 112 valence electrons. The number of benzene rings is 1. The van der Waals surface area contributed by atoms with Crippen LogP contribution in [0.5, 0.6) is 0 Å². The van der Waals surface area contributed by atoms with Gasteiger partial charge in [0.05, 0.1) is 16.3 Å². The molecule has 0 saturated carbocycles. The Morgan fingerprint density at radius 3 is 2.14 bits per heavy atom. The van der Waals surface area contributed by atoms with E-state index in [9.17, 15) is 8.42 Å². The van der Waals surface area contributed by atoms with Crippen molar-refractivity contribution in [3.63, 3.8) is 0 Å². The van der Waals surface area contributed by atoms with Gasteiger partial charge in [-0.15, -0.1) is 0 Å². The Bertz CT molecular complexity index is 776. The summed E-state index contributed by atoms with van der Waals surface area (Å²) in [5, 5.41) is 0. The number of hydrogen-bond donors (Lipinski definition) is 2. The summed E-state index contributed by atoms with van der Waals surface area (Å²) in [6, 6.07) is 6.80. The predicted molar refractivity (Wildman–Crippen MR) is 84.8 cm³/mol. The summed E-state index contributed by atoms with van der Waals surface area (Å²) < 4.78 is 27.8. The molecule has 0 unspecified atom stereocenters. The lowest BCUT2D eigenvalue weighted by Crippen LogP contribution is -2.17. The topological polar surface area (TPSA) is 85.1 Å². The molecule has 21 heavy (non-hydrogen) atoms. The molecule has 0 fully saturated rings. The molecule has 2 aromatic rings. The van der Waals surface area contributed by atoms with Crippen LogP contribution in [-0.2, 0) is 10.0 Å². The molecule has 1 aromatic carbocycles. The van der Waals surface area contributed by atoms with Crippen molar-refractivity contribution in [3.05, 3.63) is 46.8 Å². The van der Waals surface area contributed by atoms with E-state index in [1.54, 1.807) is 45.0 Å². The van der Waals surface area contributed by atoms with Crippen LogP contribution in [0.3, 0.4) is 0 Å². The number of nitrogens with one attached hydrogen (secondary N) is 1. The summed E-state index contributed by atoms with van der Waals surface area (Å²) in [7, 11) is -3.67. The first-order valence-electron chi connectivity index (χ1n) is 6.54. The van der Waals surface area contributed by atoms with Crippen LogP contribution in [0.25, 0.3) is 0 Å². The minimum absolute atomic E-state index is 0.261. The molecule has 1 heterocycles. The third-order valence-electron chi connectivity index (χ3n) is 3.22. The fourth-order valence-electron chi connectivity index (χ4n) is 2.40. The van der Waals surface area contributed by atoms with Gasteiger partial charge in [-0.1, -0.05) is 0 Å². The van der Waals surface area contributed by atoms with Crippen LogP contribution < -0.4 is 10.5 Å². The van der Waals surface area contributed by atoms with E-state index in [2.05, 4.69) is 9.71 Å². The molecule has 0 spiro atoms. The summed E-state index contributed by atoms with van der Waals surface area (Å²) in [4.78, 5) is 4.52. The fraction of sp³-hybridized carbons (Fsp3) is 0.267. The molecule has 1 aromatic heterocycles. The van der Waals surface area contributed by atoms with Gasteiger partial charge in [0.25, 0.3) is 10.0 Å². The van der Waals surface area contributed by atoms with E-state index >= 15 is 0 Å². The van der Waals surface area contributed by atoms with Crippen molar-refractivity contribution in [3.8, 4) is 0 Å². The van der Waals surface area contributed by atoms with Crippen LogP contribution in [-0.4, -0.2) is 13.4 Å². The lowest BCUT2D eigenvalue weighted by Gasteiger charge is -2.15. The zero-order valence-electron chi connectivity index (χ0n) is 12.6. The number of pyridine rings is 1. The number of nitrogens with two attached hydrogens (primary N) is 1. The van der Waals surface area contributed by atoms with Gasteiger partial charge >= 0.3 is 0 Å². The molecule has 6 heteroatoms. The monoisotopic (exact) mass is 305 g/mol. The van der Waals surface area contributed by atoms with E-state index in [0.29, 0.717) is 28.2 Å². The Balaban J connectivity index is 2.48. The minimum Gasteiger partial charge on any atom is -0.399 e. The van der Waals surface area contributed by atoms with Crippen LogP contribution in [0.1, 0.15) is 22.5 Å². The summed E-state index contributed by atoms with van der Waals surface area (Å²) in [5.41, 5.74) is 9.51. The molecule has 0 aliphatic carbocycles. The second-order valence-corrected chi connectivity index (χ2v) is 6.79. The average Bonchev–Trinajstić information content (AvgIpc) is 2.30. The summed E-state index contributed by atoms with van der Waals surface area (Å²) in [6.07, 6.45) is 0. The molecule has 0 radical (unpaired) electrons. The molecular weight excluding hydrogens is 286 g/mol. The van der Waals surface area contributed by atoms with Gasteiger partial charge < -0.3 is 5.73 Å². The quantitative estimate of drug-likeness (QED) is 0.854. The molecule has 0 atom stereocenters. The second-order valence-electron chi connectivity index (χ2n) is 5.17. The molecule has 0 saturated heterocycles. The smallest absolute Gasteiger partial charge is 0.262 e. The fourth-order valence-corrected chi connectivity index (χ4v) is 3.97. The number of anilines is 2. The van der Waals surface area contributed by atoms with Crippen molar-refractivity contribution in [2.45, 2.75) is 32.6 Å². The predicted octanol–water partition coefficient (Wildman–Crippen LogP) is 2.70. The summed E-state index contributed by atoms with van der Waals surface area (Å²) in [5.74, 6) is 0. The number of hydrogen-bond acceptors (Lipinski definition) is 4. The zero-order valence-corrected chi connectivity index (χ0v) is 13.4. The third kappa shape index (κ3) is 3.16. The van der Waals surface area contributed by atoms with Gasteiger partial charge in [0.15, 0.2) is 0 Å². The number of aryl methyl sites for hydroxylation is 4. The van der Waals surface area contributed by atoms with E-state index in [4.69, 9.17) is 5.73 Å². The Morgan fingerprint density at radius 2 is 1.62 bits per heavy atom. The van der Waals surface area contributed by atoms with Crippen molar-refractivity contribution in [2.24, 2.45) is 0 Å². The largest absolute Gasteiger partial charge is 0.399 e. The lowest BCUT2D eigenvalue weighted by atomic mass is 10.1. The van der Waals surface area contributed by atoms with Crippen LogP contribution in [0.15, 0.2) is 29.2 Å². The maximum Gasteiger partial charge on any atom is 0.262 e. The van der Waals surface area contributed by atoms with Gasteiger partial charge in [-0.05, 0) is 63.1 Å². The average molecular weight is 305 g/mol. The number of sulfonamides is 1. The van der Waals surface area contributed by atoms with E-state index in [1.807, 2.05) is 6.92 Å². The van der Waals surface area contributed by atoms with Crippen LogP contribution >= 0.6 is 0 Å². The van der Waals surface area contributed by atoms with E-state index < -0.39 is 10.0 Å². The van der Waals surface area contributed by atoms with Crippen molar-refractivity contribution in [2.75, 3.05) is 10.5 Å². The highest BCUT2D eigenvalue weighted by atomic mass is 32.2. The maximum absolute atomic E-state index is 12.6. The van der Waals surface area contributed by atoms with Gasteiger partial charge in [-0.3, -0.25) is 9.71 Å². The van der Waals surface area contributed by atoms with Crippen LogP contribution in [0.4, 0.5) is 11.4 Å². The standard InChI is InChI=1S/C15H19N3O2S/c1-9-7-13(16)8-10(2)15(9)21(19,20)18-14-6-5-11(3)17-12(14)4/h5-8,18H,16H2,1-4H3. The molecule has 0 bridgehead atoms. The summed E-state index contributed by atoms with van der Waals surface area (Å²) >= 11 is 0. The SMILES string of the molecule is Cc1ccc(NS(=O)(=O)c2c(C)cc(N)cc2C)c(C)n1. The number of rotatable bonds is 3. The van der Waals surface area contributed by atoms with Crippen molar-refractivity contribution < 1.29 is 8.42 Å². The van der Waals surface area contributed by atoms with Crippen LogP contribution in [0.2, 0.25) is 0 Å². The zero-order chi connectivity index (χ0) is 15.8. The Kier molecular flexibility index (Phi) is 3.91. The lowest BCUT2D eigenvalue weighted by molar-refractivity contribution is 0.600. The first kappa shape index (κ1) is 15.3. The third-order valence-corrected chi connectivity index (χ3v) is 4.89. The highest BCUT2D eigenvalue weighted by molar-refractivity contribution is 7.92. The molecule has 0 amide bonds. The minimum atomic E-state index is -3.67. The van der Waals surface area contributed by atoms with E-state index in [0.717, 1.165) is 5.69 Å². The molecule has 5 nitrogen and oxygen atoms in total.